The van der Waals surface area contributed by atoms with Crippen molar-refractivity contribution in [2.45, 2.75) is 62.4 Å². The Hall–Kier alpha value is -0.480. The first-order valence-electron chi connectivity index (χ1n) is 7.13. The molecule has 0 unspecified atom stereocenters. The van der Waals surface area contributed by atoms with Gasteiger partial charge >= 0.3 is 0 Å². The number of thioether (sulfide) groups is 1. The van der Waals surface area contributed by atoms with E-state index in [1.54, 1.807) is 0 Å². The molecule has 0 bridgehead atoms. The van der Waals surface area contributed by atoms with Crippen LogP contribution in [0.15, 0.2) is 12.5 Å². The van der Waals surface area contributed by atoms with Crippen molar-refractivity contribution in [3.05, 3.63) is 18.2 Å². The molecule has 0 saturated heterocycles. The van der Waals surface area contributed by atoms with Gasteiger partial charge < -0.3 is 9.88 Å². The average Bonchev–Trinajstić information content (AvgIpc) is 3.16. The lowest BCUT2D eigenvalue weighted by Gasteiger charge is -2.28. The molecular formula is C14H23N3S. The fourth-order valence-corrected chi connectivity index (χ4v) is 3.65. The summed E-state index contributed by atoms with van der Waals surface area (Å²) in [5.41, 5.74) is 1.37. The Morgan fingerprint density at radius 2 is 2.06 bits per heavy atom. The summed E-state index contributed by atoms with van der Waals surface area (Å²) < 4.78 is 2.36. The number of rotatable bonds is 5. The minimum absolute atomic E-state index is 0.718. The van der Waals surface area contributed by atoms with E-state index in [0.717, 1.165) is 23.9 Å². The van der Waals surface area contributed by atoms with Crippen LogP contribution in [0.1, 0.15) is 50.3 Å². The third kappa shape index (κ3) is 2.91. The van der Waals surface area contributed by atoms with E-state index < -0.39 is 0 Å². The number of nitrogens with one attached hydrogen (secondary N) is 1. The highest BCUT2D eigenvalue weighted by molar-refractivity contribution is 7.99. The number of nitrogens with zero attached hydrogens (tertiary/aromatic N) is 2. The molecule has 0 radical (unpaired) electrons. The predicted molar refractivity (Wildman–Crippen MR) is 76.9 cm³/mol. The van der Waals surface area contributed by atoms with Crippen molar-refractivity contribution >= 4 is 11.8 Å². The van der Waals surface area contributed by atoms with Crippen molar-refractivity contribution in [2.75, 3.05) is 6.26 Å². The first-order valence-corrected chi connectivity index (χ1v) is 8.42. The van der Waals surface area contributed by atoms with Crippen LogP contribution in [0, 0.1) is 0 Å². The van der Waals surface area contributed by atoms with Gasteiger partial charge in [-0.3, -0.25) is 0 Å². The zero-order valence-corrected chi connectivity index (χ0v) is 12.0. The van der Waals surface area contributed by atoms with E-state index in [-0.39, 0.29) is 0 Å². The highest BCUT2D eigenvalue weighted by Gasteiger charge is 2.25. The molecule has 3 rings (SSSR count). The Morgan fingerprint density at radius 3 is 2.72 bits per heavy atom. The quantitative estimate of drug-likeness (QED) is 0.887. The summed E-state index contributed by atoms with van der Waals surface area (Å²) >= 11 is 2.04. The van der Waals surface area contributed by atoms with E-state index in [4.69, 9.17) is 0 Å². The van der Waals surface area contributed by atoms with Gasteiger partial charge in [-0.25, -0.2) is 4.98 Å². The van der Waals surface area contributed by atoms with E-state index in [0.29, 0.717) is 0 Å². The Kier molecular flexibility index (Phi) is 3.94. The molecule has 0 aliphatic heterocycles. The fraction of sp³-hybridized carbons (Fsp3) is 0.786. The minimum Gasteiger partial charge on any atom is -0.330 e. The predicted octanol–water partition coefficient (Wildman–Crippen LogP) is 2.98. The number of hydrogen-bond donors (Lipinski definition) is 1. The second-order valence-corrected chi connectivity index (χ2v) is 6.75. The molecule has 100 valence electrons. The molecule has 0 spiro atoms. The zero-order valence-electron chi connectivity index (χ0n) is 11.1. The summed E-state index contributed by atoms with van der Waals surface area (Å²) in [6.45, 7) is 0.991. The van der Waals surface area contributed by atoms with Crippen LogP contribution in [0.5, 0.6) is 0 Å². The summed E-state index contributed by atoms with van der Waals surface area (Å²) in [7, 11) is 0. The van der Waals surface area contributed by atoms with Gasteiger partial charge in [-0.05, 0) is 44.8 Å². The standard InChI is InChI=1S/C14H23N3S/c1-18-14-6-2-11(3-7-14)16-9-13-8-15-10-17(13)12-4-5-12/h8,10-12,14,16H,2-7,9H2,1H3. The molecule has 1 N–H and O–H groups in total. The van der Waals surface area contributed by atoms with Gasteiger partial charge in [-0.15, -0.1) is 0 Å². The van der Waals surface area contributed by atoms with Crippen molar-refractivity contribution < 1.29 is 0 Å². The highest BCUT2D eigenvalue weighted by Crippen LogP contribution is 2.35. The van der Waals surface area contributed by atoms with Crippen molar-refractivity contribution in [1.82, 2.24) is 14.9 Å². The van der Waals surface area contributed by atoms with E-state index in [1.165, 1.54) is 44.2 Å². The highest BCUT2D eigenvalue weighted by atomic mass is 32.2. The van der Waals surface area contributed by atoms with Crippen LogP contribution in [0.2, 0.25) is 0 Å². The molecule has 0 amide bonds. The Bertz CT molecular complexity index is 378. The summed E-state index contributed by atoms with van der Waals surface area (Å²) in [6.07, 6.45) is 14.4. The number of imidazole rings is 1. The molecule has 4 heteroatoms. The third-order valence-corrected chi connectivity index (χ3v) is 5.40. The molecule has 2 aliphatic carbocycles. The molecule has 18 heavy (non-hydrogen) atoms. The lowest BCUT2D eigenvalue weighted by Crippen LogP contribution is -2.33. The number of hydrogen-bond acceptors (Lipinski definition) is 3. The second-order valence-electron chi connectivity index (χ2n) is 5.61. The van der Waals surface area contributed by atoms with E-state index in [2.05, 4.69) is 21.1 Å². The first kappa shape index (κ1) is 12.5. The summed E-state index contributed by atoms with van der Waals surface area (Å²) in [5, 5.41) is 4.62. The van der Waals surface area contributed by atoms with Crippen molar-refractivity contribution in [1.29, 1.82) is 0 Å². The third-order valence-electron chi connectivity index (χ3n) is 4.27. The van der Waals surface area contributed by atoms with E-state index in [9.17, 15) is 0 Å². The maximum Gasteiger partial charge on any atom is 0.0951 e. The van der Waals surface area contributed by atoms with Crippen molar-refractivity contribution in [2.24, 2.45) is 0 Å². The Balaban J connectivity index is 1.48. The maximum absolute atomic E-state index is 4.29. The summed E-state index contributed by atoms with van der Waals surface area (Å²) in [6, 6.07) is 1.47. The molecule has 1 aromatic heterocycles. The van der Waals surface area contributed by atoms with Crippen molar-refractivity contribution in [3.63, 3.8) is 0 Å². The van der Waals surface area contributed by atoms with Crippen molar-refractivity contribution in [3.8, 4) is 0 Å². The molecule has 1 heterocycles. The average molecular weight is 265 g/mol. The first-order chi connectivity index (χ1) is 8.86. The summed E-state index contributed by atoms with van der Waals surface area (Å²) in [4.78, 5) is 4.29. The monoisotopic (exact) mass is 265 g/mol. The normalized spacial score (nSPS) is 28.5. The van der Waals surface area contributed by atoms with Crippen LogP contribution < -0.4 is 5.32 Å². The van der Waals surface area contributed by atoms with E-state index >= 15 is 0 Å². The van der Waals surface area contributed by atoms with E-state index in [1.807, 2.05) is 24.3 Å². The van der Waals surface area contributed by atoms with Gasteiger partial charge in [0.15, 0.2) is 0 Å². The van der Waals surface area contributed by atoms with Crippen LogP contribution in [-0.2, 0) is 6.54 Å². The molecule has 0 atom stereocenters. The molecule has 3 nitrogen and oxygen atoms in total. The van der Waals surface area contributed by atoms with Gasteiger partial charge in [0.2, 0.25) is 0 Å². The Morgan fingerprint density at radius 1 is 1.28 bits per heavy atom. The smallest absolute Gasteiger partial charge is 0.0951 e. The maximum atomic E-state index is 4.29. The van der Waals surface area contributed by atoms with Crippen LogP contribution in [0.3, 0.4) is 0 Å². The van der Waals surface area contributed by atoms with Gasteiger partial charge in [-0.2, -0.15) is 11.8 Å². The minimum atomic E-state index is 0.718. The van der Waals surface area contributed by atoms with Gasteiger partial charge in [0.05, 0.1) is 12.0 Å². The number of aromatic nitrogens is 2. The molecular weight excluding hydrogens is 242 g/mol. The lowest BCUT2D eigenvalue weighted by molar-refractivity contribution is 0.375. The molecule has 0 aromatic carbocycles. The Labute approximate surface area is 114 Å². The SMILES string of the molecule is CSC1CCC(NCc2cncn2C2CC2)CC1. The van der Waals surface area contributed by atoms with Gasteiger partial charge in [0.1, 0.15) is 0 Å². The van der Waals surface area contributed by atoms with Gasteiger partial charge in [0, 0.05) is 30.1 Å². The van der Waals surface area contributed by atoms with Gasteiger partial charge in [0.25, 0.3) is 0 Å². The topological polar surface area (TPSA) is 29.9 Å². The fourth-order valence-electron chi connectivity index (χ4n) is 2.90. The van der Waals surface area contributed by atoms with Crippen LogP contribution in [-0.4, -0.2) is 27.1 Å². The van der Waals surface area contributed by atoms with Gasteiger partial charge in [-0.1, -0.05) is 0 Å². The molecule has 1 aromatic rings. The molecule has 2 fully saturated rings. The van der Waals surface area contributed by atoms with Crippen LogP contribution >= 0.6 is 11.8 Å². The van der Waals surface area contributed by atoms with Crippen LogP contribution in [0.25, 0.3) is 0 Å². The largest absolute Gasteiger partial charge is 0.330 e. The zero-order chi connectivity index (χ0) is 12.4. The second kappa shape index (κ2) is 5.66. The van der Waals surface area contributed by atoms with Crippen LogP contribution in [0.4, 0.5) is 0 Å². The molecule has 2 aliphatic rings. The lowest BCUT2D eigenvalue weighted by atomic mass is 9.95. The summed E-state index contributed by atoms with van der Waals surface area (Å²) in [5.74, 6) is 0. The molecule has 2 saturated carbocycles.